The average molecular weight is 230 g/mol. The second kappa shape index (κ2) is 6.19. The van der Waals surface area contributed by atoms with Gasteiger partial charge in [0, 0.05) is 7.11 Å². The Morgan fingerprint density at radius 3 is 2.81 bits per heavy atom. The van der Waals surface area contributed by atoms with Gasteiger partial charge in [-0.15, -0.1) is 0 Å². The Kier molecular flexibility index (Phi) is 4.87. The number of imide groups is 1. The van der Waals surface area contributed by atoms with Crippen molar-refractivity contribution < 1.29 is 23.9 Å². The van der Waals surface area contributed by atoms with Crippen molar-refractivity contribution in [2.45, 2.75) is 12.5 Å². The van der Waals surface area contributed by atoms with Gasteiger partial charge in [0.25, 0.3) is 0 Å². The highest BCUT2D eigenvalue weighted by Crippen LogP contribution is 2.00. The molecule has 0 saturated carbocycles. The highest BCUT2D eigenvalue weighted by molar-refractivity contribution is 6.06. The smallest absolute Gasteiger partial charge is 0.249 e. The van der Waals surface area contributed by atoms with Crippen LogP contribution < -0.4 is 10.6 Å². The number of carbonyl (C=O) groups is 3. The molecule has 0 aliphatic carbocycles. The number of amides is 3. The standard InChI is InChI=1S/C9H14N2O5/c1-15-2-3-16-5-8(13)10-6-4-7(12)11-9(6)14/h6H,2-5H2,1H3,(H,10,13)(H,11,12,14). The first-order valence-corrected chi connectivity index (χ1v) is 4.83. The first-order chi connectivity index (χ1) is 7.63. The van der Waals surface area contributed by atoms with Gasteiger partial charge < -0.3 is 14.8 Å². The molecule has 0 spiro atoms. The van der Waals surface area contributed by atoms with Crippen molar-refractivity contribution in [1.29, 1.82) is 0 Å². The summed E-state index contributed by atoms with van der Waals surface area (Å²) in [5.41, 5.74) is 0. The normalized spacial score (nSPS) is 19.7. The molecule has 1 fully saturated rings. The zero-order valence-corrected chi connectivity index (χ0v) is 8.95. The molecule has 7 nitrogen and oxygen atoms in total. The molecule has 1 atom stereocenters. The van der Waals surface area contributed by atoms with E-state index in [2.05, 4.69) is 10.6 Å². The highest BCUT2D eigenvalue weighted by Gasteiger charge is 2.31. The monoisotopic (exact) mass is 230 g/mol. The molecule has 3 amide bonds. The zero-order valence-electron chi connectivity index (χ0n) is 8.95. The second-order valence-corrected chi connectivity index (χ2v) is 3.28. The van der Waals surface area contributed by atoms with Crippen molar-refractivity contribution in [3.05, 3.63) is 0 Å². The van der Waals surface area contributed by atoms with Crippen LogP contribution in [0.1, 0.15) is 6.42 Å². The molecule has 1 heterocycles. The van der Waals surface area contributed by atoms with Crippen LogP contribution in [0.4, 0.5) is 0 Å². The van der Waals surface area contributed by atoms with Gasteiger partial charge in [0.2, 0.25) is 17.7 Å². The van der Waals surface area contributed by atoms with E-state index in [4.69, 9.17) is 9.47 Å². The molecule has 1 aliphatic rings. The Bertz CT molecular complexity index is 292. The molecule has 0 radical (unpaired) electrons. The van der Waals surface area contributed by atoms with Gasteiger partial charge in [-0.05, 0) is 0 Å². The van der Waals surface area contributed by atoms with E-state index in [1.165, 1.54) is 7.11 Å². The molecule has 90 valence electrons. The molecule has 1 aliphatic heterocycles. The Labute approximate surface area is 92.5 Å². The Balaban J connectivity index is 2.19. The third kappa shape index (κ3) is 3.95. The first-order valence-electron chi connectivity index (χ1n) is 4.83. The lowest BCUT2D eigenvalue weighted by Crippen LogP contribution is -2.41. The molecule has 2 N–H and O–H groups in total. The van der Waals surface area contributed by atoms with E-state index in [-0.39, 0.29) is 18.9 Å². The third-order valence-electron chi connectivity index (χ3n) is 1.97. The van der Waals surface area contributed by atoms with E-state index < -0.39 is 17.9 Å². The maximum Gasteiger partial charge on any atom is 0.249 e. The largest absolute Gasteiger partial charge is 0.382 e. The molecule has 16 heavy (non-hydrogen) atoms. The summed E-state index contributed by atoms with van der Waals surface area (Å²) in [7, 11) is 1.53. The van der Waals surface area contributed by atoms with E-state index in [1.54, 1.807) is 0 Å². The predicted octanol–water partition coefficient (Wildman–Crippen LogP) is -1.82. The predicted molar refractivity (Wildman–Crippen MR) is 52.4 cm³/mol. The summed E-state index contributed by atoms with van der Waals surface area (Å²) in [6, 6.07) is -0.772. The molecule has 1 rings (SSSR count). The van der Waals surface area contributed by atoms with Crippen LogP contribution in [0.2, 0.25) is 0 Å². The molecule has 0 aromatic heterocycles. The summed E-state index contributed by atoms with van der Waals surface area (Å²) in [5.74, 6) is -1.28. The number of methoxy groups -OCH3 is 1. The van der Waals surface area contributed by atoms with Crippen LogP contribution in [0, 0.1) is 0 Å². The highest BCUT2D eigenvalue weighted by atomic mass is 16.5. The van der Waals surface area contributed by atoms with Gasteiger partial charge in [-0.1, -0.05) is 0 Å². The summed E-state index contributed by atoms with van der Waals surface area (Å²) in [5, 5.41) is 4.49. The summed E-state index contributed by atoms with van der Waals surface area (Å²) < 4.78 is 9.68. The van der Waals surface area contributed by atoms with Gasteiger partial charge in [0.1, 0.15) is 12.6 Å². The van der Waals surface area contributed by atoms with Gasteiger partial charge in [0.15, 0.2) is 0 Å². The topological polar surface area (TPSA) is 93.7 Å². The van der Waals surface area contributed by atoms with Gasteiger partial charge >= 0.3 is 0 Å². The van der Waals surface area contributed by atoms with Gasteiger partial charge in [-0.3, -0.25) is 19.7 Å². The van der Waals surface area contributed by atoms with Crippen LogP contribution in [0.15, 0.2) is 0 Å². The van der Waals surface area contributed by atoms with Crippen LogP contribution in [-0.2, 0) is 23.9 Å². The van der Waals surface area contributed by atoms with Crippen molar-refractivity contribution >= 4 is 17.7 Å². The molecule has 1 saturated heterocycles. The Morgan fingerprint density at radius 1 is 1.50 bits per heavy atom. The molecule has 0 aromatic carbocycles. The van der Waals surface area contributed by atoms with Crippen LogP contribution >= 0.6 is 0 Å². The quantitative estimate of drug-likeness (QED) is 0.414. The summed E-state index contributed by atoms with van der Waals surface area (Å²) in [4.78, 5) is 33.1. The zero-order chi connectivity index (χ0) is 12.0. The van der Waals surface area contributed by atoms with Crippen LogP contribution in [0.3, 0.4) is 0 Å². The van der Waals surface area contributed by atoms with Crippen molar-refractivity contribution in [3.63, 3.8) is 0 Å². The molecular weight excluding hydrogens is 216 g/mol. The fraction of sp³-hybridized carbons (Fsp3) is 0.667. The lowest BCUT2D eigenvalue weighted by Gasteiger charge is -2.09. The number of rotatable bonds is 6. The van der Waals surface area contributed by atoms with E-state index in [0.717, 1.165) is 0 Å². The summed E-state index contributed by atoms with van der Waals surface area (Å²) in [6.07, 6.45) is -0.0113. The van der Waals surface area contributed by atoms with Gasteiger partial charge in [-0.25, -0.2) is 0 Å². The lowest BCUT2D eigenvalue weighted by molar-refractivity contribution is -0.130. The van der Waals surface area contributed by atoms with Crippen LogP contribution in [0.5, 0.6) is 0 Å². The number of ether oxygens (including phenoxy) is 2. The van der Waals surface area contributed by atoms with Gasteiger partial charge in [0.05, 0.1) is 19.6 Å². The molecule has 7 heteroatoms. The Hall–Kier alpha value is -1.47. The fourth-order valence-electron chi connectivity index (χ4n) is 1.21. The molecular formula is C9H14N2O5. The maximum atomic E-state index is 11.2. The minimum Gasteiger partial charge on any atom is -0.382 e. The first kappa shape index (κ1) is 12.6. The minimum atomic E-state index is -0.772. The van der Waals surface area contributed by atoms with Crippen LogP contribution in [-0.4, -0.2) is 50.7 Å². The van der Waals surface area contributed by atoms with Crippen molar-refractivity contribution in [1.82, 2.24) is 10.6 Å². The van der Waals surface area contributed by atoms with Crippen molar-refractivity contribution in [3.8, 4) is 0 Å². The van der Waals surface area contributed by atoms with E-state index in [0.29, 0.717) is 13.2 Å². The maximum absolute atomic E-state index is 11.2. The number of nitrogens with one attached hydrogen (secondary N) is 2. The summed E-state index contributed by atoms with van der Waals surface area (Å²) >= 11 is 0. The number of hydrogen-bond donors (Lipinski definition) is 2. The molecule has 0 bridgehead atoms. The van der Waals surface area contributed by atoms with Gasteiger partial charge in [-0.2, -0.15) is 0 Å². The second-order valence-electron chi connectivity index (χ2n) is 3.28. The van der Waals surface area contributed by atoms with E-state index in [9.17, 15) is 14.4 Å². The number of hydrogen-bond acceptors (Lipinski definition) is 5. The van der Waals surface area contributed by atoms with Crippen molar-refractivity contribution in [2.75, 3.05) is 26.9 Å². The SMILES string of the molecule is COCCOCC(=O)NC1CC(=O)NC1=O. The Morgan fingerprint density at radius 2 is 2.25 bits per heavy atom. The van der Waals surface area contributed by atoms with E-state index >= 15 is 0 Å². The number of carbonyl (C=O) groups excluding carboxylic acids is 3. The molecule has 1 unspecified atom stereocenters. The lowest BCUT2D eigenvalue weighted by atomic mass is 10.2. The minimum absolute atomic E-state index is 0.0113. The molecule has 0 aromatic rings. The summed E-state index contributed by atoms with van der Waals surface area (Å²) in [6.45, 7) is 0.552. The fourth-order valence-corrected chi connectivity index (χ4v) is 1.21. The third-order valence-corrected chi connectivity index (χ3v) is 1.97. The van der Waals surface area contributed by atoms with Crippen LogP contribution in [0.25, 0.3) is 0 Å². The van der Waals surface area contributed by atoms with Crippen molar-refractivity contribution in [2.24, 2.45) is 0 Å². The van der Waals surface area contributed by atoms with E-state index in [1.807, 2.05) is 0 Å². The average Bonchev–Trinajstić information content (AvgIpc) is 2.52.